The van der Waals surface area contributed by atoms with Crippen molar-refractivity contribution in [2.45, 2.75) is 20.5 Å². The first-order valence-electron chi connectivity index (χ1n) is 4.55. The van der Waals surface area contributed by atoms with Gasteiger partial charge in [0, 0.05) is 12.3 Å². The first kappa shape index (κ1) is 10.9. The summed E-state index contributed by atoms with van der Waals surface area (Å²) in [5.74, 6) is 0.576. The van der Waals surface area contributed by atoms with Crippen LogP contribution in [0.25, 0.3) is 0 Å². The standard InChI is InChI=1S/C10H15NO3/c1-3-13-7-14-10-5-4-8(2)11-9(10)6-12/h4-5,12H,3,6-7H2,1-2H3. The number of aromatic nitrogens is 1. The summed E-state index contributed by atoms with van der Waals surface area (Å²) < 4.78 is 10.3. The SMILES string of the molecule is CCOCOc1ccc(C)nc1CO. The van der Waals surface area contributed by atoms with Crippen LogP contribution in [-0.4, -0.2) is 23.5 Å². The third-order valence-corrected chi connectivity index (χ3v) is 1.72. The minimum Gasteiger partial charge on any atom is -0.466 e. The molecule has 1 N–H and O–H groups in total. The maximum atomic E-state index is 9.02. The number of pyridine rings is 1. The van der Waals surface area contributed by atoms with Crippen molar-refractivity contribution in [3.63, 3.8) is 0 Å². The number of rotatable bonds is 5. The first-order valence-corrected chi connectivity index (χ1v) is 4.55. The normalized spacial score (nSPS) is 10.2. The van der Waals surface area contributed by atoms with Crippen molar-refractivity contribution in [3.05, 3.63) is 23.5 Å². The molecule has 14 heavy (non-hydrogen) atoms. The van der Waals surface area contributed by atoms with Crippen molar-refractivity contribution < 1.29 is 14.6 Å². The highest BCUT2D eigenvalue weighted by atomic mass is 16.7. The molecule has 0 saturated carbocycles. The zero-order valence-corrected chi connectivity index (χ0v) is 8.49. The Morgan fingerprint density at radius 3 is 2.86 bits per heavy atom. The molecule has 4 heteroatoms. The highest BCUT2D eigenvalue weighted by Gasteiger charge is 2.03. The summed E-state index contributed by atoms with van der Waals surface area (Å²) >= 11 is 0. The fourth-order valence-corrected chi connectivity index (χ4v) is 1.03. The Labute approximate surface area is 83.5 Å². The first-order chi connectivity index (χ1) is 6.77. The number of aliphatic hydroxyl groups is 1. The van der Waals surface area contributed by atoms with Crippen LogP contribution in [0.1, 0.15) is 18.3 Å². The quantitative estimate of drug-likeness (QED) is 0.570. The Balaban J connectivity index is 2.65. The molecule has 1 heterocycles. The van der Waals surface area contributed by atoms with Gasteiger partial charge in [0.1, 0.15) is 11.4 Å². The molecule has 1 aromatic rings. The van der Waals surface area contributed by atoms with Gasteiger partial charge in [-0.15, -0.1) is 0 Å². The molecule has 78 valence electrons. The van der Waals surface area contributed by atoms with Gasteiger partial charge in [-0.25, -0.2) is 0 Å². The average Bonchev–Trinajstić information content (AvgIpc) is 2.20. The summed E-state index contributed by atoms with van der Waals surface area (Å²) in [6.45, 7) is 4.43. The molecule has 0 radical (unpaired) electrons. The van der Waals surface area contributed by atoms with Gasteiger partial charge in [0.15, 0.2) is 6.79 Å². The molecular weight excluding hydrogens is 182 g/mol. The highest BCUT2D eigenvalue weighted by molar-refractivity contribution is 5.28. The van der Waals surface area contributed by atoms with Crippen molar-refractivity contribution >= 4 is 0 Å². The molecule has 0 aliphatic heterocycles. The van der Waals surface area contributed by atoms with E-state index in [1.54, 1.807) is 6.07 Å². The van der Waals surface area contributed by atoms with E-state index in [2.05, 4.69) is 4.98 Å². The van der Waals surface area contributed by atoms with E-state index < -0.39 is 0 Å². The Morgan fingerprint density at radius 2 is 2.21 bits per heavy atom. The van der Waals surface area contributed by atoms with Gasteiger partial charge in [0.05, 0.1) is 6.61 Å². The number of ether oxygens (including phenoxy) is 2. The predicted molar refractivity (Wildman–Crippen MR) is 52.0 cm³/mol. The van der Waals surface area contributed by atoms with Crippen LogP contribution in [0.5, 0.6) is 5.75 Å². The second-order valence-electron chi connectivity index (χ2n) is 2.81. The minimum absolute atomic E-state index is 0.122. The summed E-state index contributed by atoms with van der Waals surface area (Å²) in [7, 11) is 0. The van der Waals surface area contributed by atoms with E-state index in [0.717, 1.165) is 5.69 Å². The molecule has 0 amide bonds. The summed E-state index contributed by atoms with van der Waals surface area (Å²) in [5.41, 5.74) is 1.41. The lowest BCUT2D eigenvalue weighted by atomic mass is 10.3. The molecular formula is C10H15NO3. The van der Waals surface area contributed by atoms with E-state index >= 15 is 0 Å². The summed E-state index contributed by atoms with van der Waals surface area (Å²) in [5, 5.41) is 9.02. The van der Waals surface area contributed by atoms with Crippen molar-refractivity contribution in [2.75, 3.05) is 13.4 Å². The molecule has 4 nitrogen and oxygen atoms in total. The van der Waals surface area contributed by atoms with Gasteiger partial charge in [0.2, 0.25) is 0 Å². The molecule has 0 spiro atoms. The number of hydrogen-bond donors (Lipinski definition) is 1. The van der Waals surface area contributed by atoms with Gasteiger partial charge in [-0.05, 0) is 26.0 Å². The lowest BCUT2D eigenvalue weighted by molar-refractivity contribution is 0.0208. The third kappa shape index (κ3) is 2.97. The minimum atomic E-state index is -0.122. The van der Waals surface area contributed by atoms with Gasteiger partial charge in [-0.2, -0.15) is 0 Å². The Kier molecular flexibility index (Phi) is 4.35. The Hall–Kier alpha value is -1.13. The van der Waals surface area contributed by atoms with Gasteiger partial charge in [-0.3, -0.25) is 4.98 Å². The van der Waals surface area contributed by atoms with E-state index in [9.17, 15) is 0 Å². The van der Waals surface area contributed by atoms with Crippen molar-refractivity contribution in [1.82, 2.24) is 4.98 Å². The van der Waals surface area contributed by atoms with Crippen LogP contribution in [-0.2, 0) is 11.3 Å². The number of hydrogen-bond acceptors (Lipinski definition) is 4. The fraction of sp³-hybridized carbons (Fsp3) is 0.500. The number of aliphatic hydroxyl groups excluding tert-OH is 1. The summed E-state index contributed by atoms with van der Waals surface area (Å²) in [6.07, 6.45) is 0. The van der Waals surface area contributed by atoms with Crippen LogP contribution in [0.2, 0.25) is 0 Å². The van der Waals surface area contributed by atoms with Crippen molar-refractivity contribution in [3.8, 4) is 5.75 Å². The van der Waals surface area contributed by atoms with Crippen LogP contribution in [0.15, 0.2) is 12.1 Å². The second-order valence-corrected chi connectivity index (χ2v) is 2.81. The zero-order chi connectivity index (χ0) is 10.4. The van der Waals surface area contributed by atoms with Crippen LogP contribution >= 0.6 is 0 Å². The highest BCUT2D eigenvalue weighted by Crippen LogP contribution is 2.16. The van der Waals surface area contributed by atoms with E-state index in [0.29, 0.717) is 18.1 Å². The predicted octanol–water partition coefficient (Wildman–Crippen LogP) is 1.26. The van der Waals surface area contributed by atoms with Crippen molar-refractivity contribution in [1.29, 1.82) is 0 Å². The number of aryl methyl sites for hydroxylation is 1. The van der Waals surface area contributed by atoms with E-state index in [1.165, 1.54) is 0 Å². The molecule has 0 aliphatic rings. The van der Waals surface area contributed by atoms with Crippen molar-refractivity contribution in [2.24, 2.45) is 0 Å². The lowest BCUT2D eigenvalue weighted by Crippen LogP contribution is -2.05. The largest absolute Gasteiger partial charge is 0.466 e. The molecule has 0 unspecified atom stereocenters. The van der Waals surface area contributed by atoms with Gasteiger partial charge < -0.3 is 14.6 Å². The van der Waals surface area contributed by atoms with Gasteiger partial charge >= 0.3 is 0 Å². The monoisotopic (exact) mass is 197 g/mol. The summed E-state index contributed by atoms with van der Waals surface area (Å²) in [4.78, 5) is 4.14. The maximum absolute atomic E-state index is 9.02. The van der Waals surface area contributed by atoms with Crippen LogP contribution in [0.4, 0.5) is 0 Å². The maximum Gasteiger partial charge on any atom is 0.189 e. The van der Waals surface area contributed by atoms with E-state index in [1.807, 2.05) is 19.9 Å². The Bertz CT molecular complexity index is 289. The summed E-state index contributed by atoms with van der Waals surface area (Å²) in [6, 6.07) is 3.62. The topological polar surface area (TPSA) is 51.6 Å². The van der Waals surface area contributed by atoms with Crippen LogP contribution in [0.3, 0.4) is 0 Å². The van der Waals surface area contributed by atoms with Gasteiger partial charge in [0.25, 0.3) is 0 Å². The zero-order valence-electron chi connectivity index (χ0n) is 8.49. The second kappa shape index (κ2) is 5.57. The lowest BCUT2D eigenvalue weighted by Gasteiger charge is -2.09. The van der Waals surface area contributed by atoms with Crippen LogP contribution in [0, 0.1) is 6.92 Å². The molecule has 0 aliphatic carbocycles. The molecule has 0 bridgehead atoms. The average molecular weight is 197 g/mol. The molecule has 1 rings (SSSR count). The smallest absolute Gasteiger partial charge is 0.189 e. The molecule has 0 atom stereocenters. The third-order valence-electron chi connectivity index (χ3n) is 1.72. The van der Waals surface area contributed by atoms with Crippen LogP contribution < -0.4 is 4.74 Å². The molecule has 0 aromatic carbocycles. The molecule has 0 saturated heterocycles. The van der Waals surface area contributed by atoms with E-state index in [-0.39, 0.29) is 13.4 Å². The molecule has 0 fully saturated rings. The number of nitrogens with zero attached hydrogens (tertiary/aromatic N) is 1. The van der Waals surface area contributed by atoms with Gasteiger partial charge in [-0.1, -0.05) is 0 Å². The Morgan fingerprint density at radius 1 is 1.43 bits per heavy atom. The van der Waals surface area contributed by atoms with E-state index in [4.69, 9.17) is 14.6 Å². The molecule has 1 aromatic heterocycles. The fourth-order valence-electron chi connectivity index (χ4n) is 1.03.